The number of nitrogens with zero attached hydrogens (tertiary/aromatic N) is 2. The van der Waals surface area contributed by atoms with Crippen molar-refractivity contribution in [2.75, 3.05) is 5.32 Å². The molecule has 1 aromatic heterocycles. The number of halogens is 1. The van der Waals surface area contributed by atoms with Crippen LogP contribution in [0.25, 0.3) is 0 Å². The lowest BCUT2D eigenvalue weighted by molar-refractivity contribution is 0.102. The SMILES string of the molecule is O=C(Nc1ccncn1)c1ccccc1F. The average molecular weight is 217 g/mol. The first-order valence-corrected chi connectivity index (χ1v) is 4.59. The quantitative estimate of drug-likeness (QED) is 0.835. The van der Waals surface area contributed by atoms with Crippen molar-refractivity contribution < 1.29 is 9.18 Å². The van der Waals surface area contributed by atoms with Crippen LogP contribution in [0.5, 0.6) is 0 Å². The molecule has 5 heteroatoms. The topological polar surface area (TPSA) is 54.9 Å². The van der Waals surface area contributed by atoms with Crippen molar-refractivity contribution in [1.29, 1.82) is 0 Å². The Hall–Kier alpha value is -2.30. The molecule has 2 aromatic rings. The first-order chi connectivity index (χ1) is 7.77. The van der Waals surface area contributed by atoms with E-state index in [1.807, 2.05) is 0 Å². The minimum atomic E-state index is -0.561. The fourth-order valence-electron chi connectivity index (χ4n) is 1.19. The Kier molecular flexibility index (Phi) is 2.86. The molecule has 1 amide bonds. The molecule has 16 heavy (non-hydrogen) atoms. The Balaban J connectivity index is 2.19. The molecule has 0 aliphatic rings. The largest absolute Gasteiger partial charge is 0.306 e. The van der Waals surface area contributed by atoms with E-state index in [4.69, 9.17) is 0 Å². The summed E-state index contributed by atoms with van der Waals surface area (Å²) in [5.41, 5.74) is -0.0129. The van der Waals surface area contributed by atoms with Crippen molar-refractivity contribution >= 4 is 11.7 Å². The highest BCUT2D eigenvalue weighted by molar-refractivity contribution is 6.03. The highest BCUT2D eigenvalue weighted by Crippen LogP contribution is 2.08. The van der Waals surface area contributed by atoms with Gasteiger partial charge in [-0.2, -0.15) is 0 Å². The van der Waals surface area contributed by atoms with Gasteiger partial charge in [-0.05, 0) is 18.2 Å². The molecule has 0 spiro atoms. The first kappa shape index (κ1) is 10.2. The van der Waals surface area contributed by atoms with E-state index in [2.05, 4.69) is 15.3 Å². The zero-order chi connectivity index (χ0) is 11.4. The summed E-state index contributed by atoms with van der Waals surface area (Å²) < 4.78 is 13.2. The second kappa shape index (κ2) is 4.48. The highest BCUT2D eigenvalue weighted by Gasteiger charge is 2.10. The molecule has 1 heterocycles. The van der Waals surface area contributed by atoms with Crippen LogP contribution in [0.2, 0.25) is 0 Å². The van der Waals surface area contributed by atoms with Crippen molar-refractivity contribution in [2.24, 2.45) is 0 Å². The van der Waals surface area contributed by atoms with E-state index in [0.717, 1.165) is 0 Å². The van der Waals surface area contributed by atoms with Crippen LogP contribution in [-0.4, -0.2) is 15.9 Å². The monoisotopic (exact) mass is 217 g/mol. The van der Waals surface area contributed by atoms with E-state index >= 15 is 0 Å². The van der Waals surface area contributed by atoms with E-state index in [9.17, 15) is 9.18 Å². The number of anilines is 1. The van der Waals surface area contributed by atoms with Crippen molar-refractivity contribution in [3.63, 3.8) is 0 Å². The third-order valence-corrected chi connectivity index (χ3v) is 1.94. The van der Waals surface area contributed by atoms with E-state index in [1.165, 1.54) is 36.8 Å². The van der Waals surface area contributed by atoms with Crippen LogP contribution < -0.4 is 5.32 Å². The normalized spacial score (nSPS) is 9.81. The summed E-state index contributed by atoms with van der Waals surface area (Å²) in [4.78, 5) is 19.1. The zero-order valence-electron chi connectivity index (χ0n) is 8.22. The molecule has 0 unspecified atom stereocenters. The number of carbonyl (C=O) groups excluding carboxylic acids is 1. The van der Waals surface area contributed by atoms with Crippen molar-refractivity contribution in [3.8, 4) is 0 Å². The summed E-state index contributed by atoms with van der Waals surface area (Å²) in [5, 5.41) is 2.47. The van der Waals surface area contributed by atoms with Crippen molar-refractivity contribution in [2.45, 2.75) is 0 Å². The second-order valence-corrected chi connectivity index (χ2v) is 3.03. The number of hydrogen-bond acceptors (Lipinski definition) is 3. The fraction of sp³-hybridized carbons (Fsp3) is 0. The van der Waals surface area contributed by atoms with Gasteiger partial charge >= 0.3 is 0 Å². The molecule has 0 aliphatic carbocycles. The smallest absolute Gasteiger partial charge is 0.259 e. The molecule has 0 aliphatic heterocycles. The lowest BCUT2D eigenvalue weighted by Gasteiger charge is -2.04. The second-order valence-electron chi connectivity index (χ2n) is 3.03. The minimum Gasteiger partial charge on any atom is -0.306 e. The van der Waals surface area contributed by atoms with Crippen LogP contribution >= 0.6 is 0 Å². The van der Waals surface area contributed by atoms with E-state index in [1.54, 1.807) is 6.07 Å². The first-order valence-electron chi connectivity index (χ1n) is 4.59. The molecule has 0 saturated carbocycles. The average Bonchev–Trinajstić information content (AvgIpc) is 2.31. The number of hydrogen-bond donors (Lipinski definition) is 1. The number of benzene rings is 1. The van der Waals surface area contributed by atoms with Crippen LogP contribution in [0.3, 0.4) is 0 Å². The standard InChI is InChI=1S/C11H8FN3O/c12-9-4-2-1-3-8(9)11(16)15-10-5-6-13-7-14-10/h1-7H,(H,13,14,15,16). The molecule has 4 nitrogen and oxygen atoms in total. The lowest BCUT2D eigenvalue weighted by Crippen LogP contribution is -2.14. The summed E-state index contributed by atoms with van der Waals surface area (Å²) in [6, 6.07) is 7.29. The number of amides is 1. The number of carbonyl (C=O) groups is 1. The Labute approximate surface area is 91.2 Å². The summed E-state index contributed by atoms with van der Waals surface area (Å²) in [5.74, 6) is -0.755. The molecule has 0 fully saturated rings. The van der Waals surface area contributed by atoms with Crippen molar-refractivity contribution in [1.82, 2.24) is 9.97 Å². The van der Waals surface area contributed by atoms with Gasteiger partial charge in [0.05, 0.1) is 5.56 Å². The maximum absolute atomic E-state index is 13.2. The van der Waals surface area contributed by atoms with Gasteiger partial charge in [-0.3, -0.25) is 4.79 Å². The molecule has 1 aromatic carbocycles. The predicted octanol–water partition coefficient (Wildman–Crippen LogP) is 1.87. The number of aromatic nitrogens is 2. The van der Waals surface area contributed by atoms with Gasteiger partial charge in [0.2, 0.25) is 0 Å². The van der Waals surface area contributed by atoms with Crippen molar-refractivity contribution in [3.05, 3.63) is 54.2 Å². The van der Waals surface area contributed by atoms with Gasteiger partial charge in [-0.15, -0.1) is 0 Å². The third-order valence-electron chi connectivity index (χ3n) is 1.94. The zero-order valence-corrected chi connectivity index (χ0v) is 8.22. The van der Waals surface area contributed by atoms with E-state index < -0.39 is 11.7 Å². The molecule has 2 rings (SSSR count). The highest BCUT2D eigenvalue weighted by atomic mass is 19.1. The van der Waals surface area contributed by atoms with Crippen LogP contribution in [0, 0.1) is 5.82 Å². The van der Waals surface area contributed by atoms with E-state index in [-0.39, 0.29) is 5.56 Å². The van der Waals surface area contributed by atoms with Crippen LogP contribution in [0.1, 0.15) is 10.4 Å². The Morgan fingerprint density at radius 3 is 2.75 bits per heavy atom. The van der Waals surface area contributed by atoms with Crippen LogP contribution in [0.15, 0.2) is 42.9 Å². The summed E-state index contributed by atoms with van der Waals surface area (Å²) >= 11 is 0. The molecule has 0 bridgehead atoms. The predicted molar refractivity (Wildman–Crippen MR) is 56.4 cm³/mol. The summed E-state index contributed by atoms with van der Waals surface area (Å²) in [6.45, 7) is 0. The third kappa shape index (κ3) is 2.20. The van der Waals surface area contributed by atoms with Gasteiger partial charge in [-0.1, -0.05) is 12.1 Å². The van der Waals surface area contributed by atoms with Crippen LogP contribution in [-0.2, 0) is 0 Å². The number of rotatable bonds is 2. The Morgan fingerprint density at radius 2 is 2.06 bits per heavy atom. The maximum Gasteiger partial charge on any atom is 0.259 e. The van der Waals surface area contributed by atoms with Gasteiger partial charge in [0.25, 0.3) is 5.91 Å². The number of nitrogens with one attached hydrogen (secondary N) is 1. The lowest BCUT2D eigenvalue weighted by atomic mass is 10.2. The molecular weight excluding hydrogens is 209 g/mol. The Bertz CT molecular complexity index is 502. The molecule has 1 N–H and O–H groups in total. The fourth-order valence-corrected chi connectivity index (χ4v) is 1.19. The van der Waals surface area contributed by atoms with Gasteiger partial charge in [0.1, 0.15) is 18.0 Å². The molecule has 0 saturated heterocycles. The van der Waals surface area contributed by atoms with Gasteiger partial charge in [0, 0.05) is 6.20 Å². The Morgan fingerprint density at radius 1 is 1.25 bits per heavy atom. The van der Waals surface area contributed by atoms with Crippen LogP contribution in [0.4, 0.5) is 10.2 Å². The minimum absolute atomic E-state index is 0.0129. The van der Waals surface area contributed by atoms with E-state index in [0.29, 0.717) is 5.82 Å². The summed E-state index contributed by atoms with van der Waals surface area (Å²) in [7, 11) is 0. The molecule has 80 valence electrons. The summed E-state index contributed by atoms with van der Waals surface area (Å²) in [6.07, 6.45) is 2.79. The molecule has 0 radical (unpaired) electrons. The van der Waals surface area contributed by atoms with Gasteiger partial charge < -0.3 is 5.32 Å². The van der Waals surface area contributed by atoms with Gasteiger partial charge in [-0.25, -0.2) is 14.4 Å². The molecule has 0 atom stereocenters. The van der Waals surface area contributed by atoms with Gasteiger partial charge in [0.15, 0.2) is 0 Å². The maximum atomic E-state index is 13.2. The molecular formula is C11H8FN3O.